The Hall–Kier alpha value is -0.0400. The van der Waals surface area contributed by atoms with Crippen LogP contribution in [0.1, 0.15) is 67.7 Å². The fourth-order valence-corrected chi connectivity index (χ4v) is 3.25. The van der Waals surface area contributed by atoms with Gasteiger partial charge >= 0.3 is 0 Å². The maximum absolute atomic E-state index is 6.14. The molecule has 0 heterocycles. The Kier molecular flexibility index (Phi) is 8.11. The van der Waals surface area contributed by atoms with Crippen molar-refractivity contribution in [1.29, 1.82) is 0 Å². The molecule has 0 rings (SSSR count). The van der Waals surface area contributed by atoms with Crippen molar-refractivity contribution in [3.8, 4) is 0 Å². The third-order valence-corrected chi connectivity index (χ3v) is 4.45. The molecule has 0 aromatic rings. The van der Waals surface area contributed by atoms with Gasteiger partial charge in [-0.05, 0) is 42.9 Å². The summed E-state index contributed by atoms with van der Waals surface area (Å²) < 4.78 is 0. The van der Waals surface area contributed by atoms with E-state index in [1.807, 2.05) is 0 Å². The van der Waals surface area contributed by atoms with Gasteiger partial charge in [0.15, 0.2) is 0 Å². The van der Waals surface area contributed by atoms with Crippen LogP contribution in [-0.2, 0) is 0 Å². The number of rotatable bonds is 8. The van der Waals surface area contributed by atoms with E-state index >= 15 is 0 Å². The van der Waals surface area contributed by atoms with E-state index < -0.39 is 0 Å². The van der Waals surface area contributed by atoms with Crippen LogP contribution in [-0.4, -0.2) is 6.04 Å². The molecule has 0 saturated heterocycles. The number of hydrogen-bond acceptors (Lipinski definition) is 1. The topological polar surface area (TPSA) is 26.0 Å². The van der Waals surface area contributed by atoms with Crippen molar-refractivity contribution < 1.29 is 0 Å². The van der Waals surface area contributed by atoms with E-state index in [2.05, 4.69) is 48.5 Å². The summed E-state index contributed by atoms with van der Waals surface area (Å²) in [6, 6.07) is 0.310. The van der Waals surface area contributed by atoms with Crippen LogP contribution in [0.25, 0.3) is 0 Å². The van der Waals surface area contributed by atoms with Gasteiger partial charge in [0.05, 0.1) is 0 Å². The molecule has 2 N–H and O–H groups in total. The molecule has 104 valence electrons. The van der Waals surface area contributed by atoms with Crippen LogP contribution in [0.3, 0.4) is 0 Å². The molecule has 4 unspecified atom stereocenters. The molecule has 1 nitrogen and oxygen atoms in total. The Morgan fingerprint density at radius 1 is 0.882 bits per heavy atom. The highest BCUT2D eigenvalue weighted by molar-refractivity contribution is 4.83. The van der Waals surface area contributed by atoms with Crippen molar-refractivity contribution in [3.63, 3.8) is 0 Å². The zero-order valence-electron chi connectivity index (χ0n) is 13.2. The molecule has 0 saturated carbocycles. The maximum Gasteiger partial charge on any atom is 0.00389 e. The predicted molar refractivity (Wildman–Crippen MR) is 79.0 cm³/mol. The number of unbranched alkanes of at least 4 members (excludes halogenated alkanes) is 1. The second-order valence-corrected chi connectivity index (χ2v) is 6.59. The summed E-state index contributed by atoms with van der Waals surface area (Å²) in [5, 5.41) is 0. The van der Waals surface area contributed by atoms with Gasteiger partial charge in [-0.1, -0.05) is 54.4 Å². The minimum absolute atomic E-state index is 0.310. The van der Waals surface area contributed by atoms with E-state index in [0.29, 0.717) is 12.0 Å². The lowest BCUT2D eigenvalue weighted by atomic mass is 9.67. The zero-order valence-corrected chi connectivity index (χ0v) is 13.2. The van der Waals surface area contributed by atoms with E-state index in [1.165, 1.54) is 19.3 Å². The quantitative estimate of drug-likeness (QED) is 0.654. The zero-order chi connectivity index (χ0) is 13.6. The first-order valence-corrected chi connectivity index (χ1v) is 7.58. The molecule has 0 aromatic heterocycles. The molecule has 0 bridgehead atoms. The fraction of sp³-hybridized carbons (Fsp3) is 1.00. The molecule has 17 heavy (non-hydrogen) atoms. The van der Waals surface area contributed by atoms with Crippen LogP contribution in [0.4, 0.5) is 0 Å². The average molecular weight is 241 g/mol. The van der Waals surface area contributed by atoms with Crippen molar-refractivity contribution in [2.24, 2.45) is 35.3 Å². The summed E-state index contributed by atoms with van der Waals surface area (Å²) in [5.41, 5.74) is 6.14. The van der Waals surface area contributed by atoms with Crippen molar-refractivity contribution in [2.75, 3.05) is 0 Å². The molecular weight excluding hydrogens is 206 g/mol. The molecule has 4 atom stereocenters. The summed E-state index contributed by atoms with van der Waals surface area (Å²) in [7, 11) is 0. The minimum atomic E-state index is 0.310. The molecule has 0 aromatic carbocycles. The third-order valence-electron chi connectivity index (χ3n) is 4.45. The second kappa shape index (κ2) is 8.13. The van der Waals surface area contributed by atoms with Crippen LogP contribution in [0.5, 0.6) is 0 Å². The van der Waals surface area contributed by atoms with Crippen molar-refractivity contribution in [1.82, 2.24) is 0 Å². The van der Waals surface area contributed by atoms with Crippen LogP contribution in [0, 0.1) is 29.6 Å². The van der Waals surface area contributed by atoms with Gasteiger partial charge in [0, 0.05) is 6.04 Å². The lowest BCUT2D eigenvalue weighted by molar-refractivity contribution is 0.112. The molecule has 0 amide bonds. The van der Waals surface area contributed by atoms with Gasteiger partial charge in [0.2, 0.25) is 0 Å². The van der Waals surface area contributed by atoms with E-state index in [9.17, 15) is 0 Å². The summed E-state index contributed by atoms with van der Waals surface area (Å²) in [6.07, 6.45) is 4.03. The largest absolute Gasteiger partial charge is 0.328 e. The minimum Gasteiger partial charge on any atom is -0.328 e. The Bertz CT molecular complexity index is 184. The predicted octanol–water partition coefficient (Wildman–Crippen LogP) is 4.70. The highest BCUT2D eigenvalue weighted by Gasteiger charge is 2.32. The van der Waals surface area contributed by atoms with Crippen LogP contribution < -0.4 is 5.73 Å². The van der Waals surface area contributed by atoms with E-state index in [4.69, 9.17) is 5.73 Å². The van der Waals surface area contributed by atoms with Gasteiger partial charge in [0.25, 0.3) is 0 Å². The van der Waals surface area contributed by atoms with Crippen molar-refractivity contribution in [3.05, 3.63) is 0 Å². The van der Waals surface area contributed by atoms with Gasteiger partial charge in [-0.25, -0.2) is 0 Å². The highest BCUT2D eigenvalue weighted by atomic mass is 14.6. The Morgan fingerprint density at radius 3 is 1.71 bits per heavy atom. The lowest BCUT2D eigenvalue weighted by Gasteiger charge is -2.39. The Morgan fingerprint density at radius 2 is 1.41 bits per heavy atom. The molecule has 1 heteroatoms. The molecule has 0 aliphatic rings. The second-order valence-electron chi connectivity index (χ2n) is 6.59. The standard InChI is InChI=1S/C16H35N/c1-8-9-10-15(11(2)3)16(12(4)5)13(6)14(7)17/h11-16H,8-10,17H2,1-7H3. The smallest absolute Gasteiger partial charge is 0.00389 e. The third kappa shape index (κ3) is 5.42. The normalized spacial score (nSPS) is 19.4. The first-order chi connectivity index (χ1) is 7.82. The Labute approximate surface area is 110 Å². The van der Waals surface area contributed by atoms with Gasteiger partial charge in [0.1, 0.15) is 0 Å². The fourth-order valence-electron chi connectivity index (χ4n) is 3.25. The highest BCUT2D eigenvalue weighted by Crippen LogP contribution is 2.37. The van der Waals surface area contributed by atoms with Gasteiger partial charge in [-0.2, -0.15) is 0 Å². The molecule has 0 fully saturated rings. The monoisotopic (exact) mass is 241 g/mol. The van der Waals surface area contributed by atoms with Crippen LogP contribution in [0.2, 0.25) is 0 Å². The van der Waals surface area contributed by atoms with E-state index in [0.717, 1.165) is 23.7 Å². The van der Waals surface area contributed by atoms with E-state index in [-0.39, 0.29) is 0 Å². The first kappa shape index (κ1) is 17.0. The molecular formula is C16H35N. The Balaban J connectivity index is 4.82. The van der Waals surface area contributed by atoms with Gasteiger partial charge in [-0.15, -0.1) is 0 Å². The van der Waals surface area contributed by atoms with Crippen molar-refractivity contribution in [2.45, 2.75) is 73.8 Å². The van der Waals surface area contributed by atoms with Crippen LogP contribution >= 0.6 is 0 Å². The maximum atomic E-state index is 6.14. The molecule has 0 spiro atoms. The van der Waals surface area contributed by atoms with E-state index in [1.54, 1.807) is 0 Å². The lowest BCUT2D eigenvalue weighted by Crippen LogP contribution is -2.38. The molecule has 0 aliphatic heterocycles. The first-order valence-electron chi connectivity index (χ1n) is 7.58. The molecule has 0 radical (unpaired) electrons. The number of nitrogens with two attached hydrogens (primary N) is 1. The summed E-state index contributed by atoms with van der Waals surface area (Å²) >= 11 is 0. The van der Waals surface area contributed by atoms with Gasteiger partial charge < -0.3 is 5.73 Å². The van der Waals surface area contributed by atoms with Gasteiger partial charge in [-0.3, -0.25) is 0 Å². The molecule has 0 aliphatic carbocycles. The summed E-state index contributed by atoms with van der Waals surface area (Å²) in [6.45, 7) is 16.3. The summed E-state index contributed by atoms with van der Waals surface area (Å²) in [5.74, 6) is 3.73. The number of hydrogen-bond donors (Lipinski definition) is 1. The van der Waals surface area contributed by atoms with Crippen LogP contribution in [0.15, 0.2) is 0 Å². The summed E-state index contributed by atoms with van der Waals surface area (Å²) in [4.78, 5) is 0. The van der Waals surface area contributed by atoms with Crippen molar-refractivity contribution >= 4 is 0 Å². The average Bonchev–Trinajstić information content (AvgIpc) is 2.21. The SMILES string of the molecule is CCCCC(C(C)C)C(C(C)C)C(C)C(C)N.